The summed E-state index contributed by atoms with van der Waals surface area (Å²) in [5.74, 6) is 1.32. The topological polar surface area (TPSA) is 30.5 Å². The summed E-state index contributed by atoms with van der Waals surface area (Å²) in [6.45, 7) is 4.18. The van der Waals surface area contributed by atoms with Gasteiger partial charge in [-0.1, -0.05) is 0 Å². The van der Waals surface area contributed by atoms with Gasteiger partial charge in [0.15, 0.2) is 11.5 Å². The number of hydrogen-bond donors (Lipinski definition) is 1. The van der Waals surface area contributed by atoms with E-state index < -0.39 is 5.67 Å². The fourth-order valence-corrected chi connectivity index (χ4v) is 2.73. The molecule has 0 aromatic heterocycles. The van der Waals surface area contributed by atoms with Gasteiger partial charge in [0.05, 0.1) is 14.2 Å². The fourth-order valence-electron chi connectivity index (χ4n) is 2.73. The largest absolute Gasteiger partial charge is 0.493 e. The molecule has 1 aliphatic heterocycles. The Balaban J connectivity index is 2.39. The van der Waals surface area contributed by atoms with Crippen LogP contribution >= 0.6 is 0 Å². The highest BCUT2D eigenvalue weighted by Gasteiger charge is 2.25. The summed E-state index contributed by atoms with van der Waals surface area (Å²) in [6.07, 6.45) is 3.18. The summed E-state index contributed by atoms with van der Waals surface area (Å²) in [6, 6.07) is 4.07. The minimum atomic E-state index is -1.39. The Morgan fingerprint density at radius 3 is 2.55 bits per heavy atom. The molecule has 2 rings (SSSR count). The molecule has 1 fully saturated rings. The van der Waals surface area contributed by atoms with Gasteiger partial charge in [-0.2, -0.15) is 0 Å². The van der Waals surface area contributed by atoms with Crippen LogP contribution in [0.2, 0.25) is 0 Å². The average molecular weight is 281 g/mol. The van der Waals surface area contributed by atoms with Crippen LogP contribution in [-0.2, 0) is 12.1 Å². The zero-order valence-electron chi connectivity index (χ0n) is 12.8. The molecule has 20 heavy (non-hydrogen) atoms. The van der Waals surface area contributed by atoms with Crippen molar-refractivity contribution in [1.82, 2.24) is 5.32 Å². The van der Waals surface area contributed by atoms with Gasteiger partial charge in [-0.25, -0.2) is 4.39 Å². The summed E-state index contributed by atoms with van der Waals surface area (Å²) in [5, 5.41) is 3.46. The van der Waals surface area contributed by atoms with Gasteiger partial charge in [0, 0.05) is 6.04 Å². The lowest BCUT2D eigenvalue weighted by atomic mass is 9.94. The van der Waals surface area contributed by atoms with Gasteiger partial charge >= 0.3 is 0 Å². The zero-order valence-corrected chi connectivity index (χ0v) is 12.8. The summed E-state index contributed by atoms with van der Waals surface area (Å²) in [7, 11) is 3.22. The van der Waals surface area contributed by atoms with Crippen molar-refractivity contribution in [2.45, 2.75) is 44.8 Å². The quantitative estimate of drug-likeness (QED) is 0.899. The number of rotatable bonds is 5. The van der Waals surface area contributed by atoms with Gasteiger partial charge in [-0.3, -0.25) is 0 Å². The second-order valence-corrected chi connectivity index (χ2v) is 5.84. The molecule has 1 N–H and O–H groups in total. The summed E-state index contributed by atoms with van der Waals surface area (Å²) < 4.78 is 25.1. The predicted octanol–water partition coefficient (Wildman–Crippen LogP) is 3.20. The van der Waals surface area contributed by atoms with Crippen molar-refractivity contribution < 1.29 is 13.9 Å². The zero-order chi connectivity index (χ0) is 14.8. The van der Waals surface area contributed by atoms with Crippen LogP contribution in [0.15, 0.2) is 12.1 Å². The lowest BCUT2D eigenvalue weighted by molar-refractivity contribution is 0.220. The molecule has 0 aliphatic carbocycles. The van der Waals surface area contributed by atoms with E-state index in [2.05, 4.69) is 5.32 Å². The number of halogens is 1. The molecule has 0 bridgehead atoms. The van der Waals surface area contributed by atoms with Gasteiger partial charge < -0.3 is 14.8 Å². The van der Waals surface area contributed by atoms with Crippen molar-refractivity contribution in [3.63, 3.8) is 0 Å². The van der Waals surface area contributed by atoms with Crippen molar-refractivity contribution in [2.24, 2.45) is 0 Å². The number of ether oxygens (including phenoxy) is 2. The predicted molar refractivity (Wildman–Crippen MR) is 78.4 cm³/mol. The van der Waals surface area contributed by atoms with Crippen LogP contribution in [0.5, 0.6) is 11.5 Å². The van der Waals surface area contributed by atoms with Crippen molar-refractivity contribution in [3.05, 3.63) is 23.3 Å². The summed E-state index contributed by atoms with van der Waals surface area (Å²) in [4.78, 5) is 0. The Hall–Kier alpha value is -1.29. The Bertz CT molecular complexity index is 462. The number of hydrogen-bond acceptors (Lipinski definition) is 3. The lowest BCUT2D eigenvalue weighted by Crippen LogP contribution is -2.24. The minimum absolute atomic E-state index is 0.437. The van der Waals surface area contributed by atoms with E-state index in [4.69, 9.17) is 9.47 Å². The van der Waals surface area contributed by atoms with Gasteiger partial charge in [-0.15, -0.1) is 0 Å². The third-order valence-corrected chi connectivity index (χ3v) is 3.87. The van der Waals surface area contributed by atoms with Crippen molar-refractivity contribution in [1.29, 1.82) is 0 Å². The van der Waals surface area contributed by atoms with E-state index in [1.165, 1.54) is 6.42 Å². The standard InChI is InChI=1S/C16H24FNO2/c1-16(2,17)12-8-11(9-13-6-5-7-18-13)15(20-4)14(10-12)19-3/h8,10,13,18H,5-7,9H2,1-4H3. The molecule has 1 unspecified atom stereocenters. The number of methoxy groups -OCH3 is 2. The number of alkyl halides is 1. The van der Waals surface area contributed by atoms with Crippen LogP contribution in [-0.4, -0.2) is 26.8 Å². The Morgan fingerprint density at radius 2 is 2.05 bits per heavy atom. The molecular formula is C16H24FNO2. The van der Waals surface area contributed by atoms with Crippen molar-refractivity contribution in [3.8, 4) is 11.5 Å². The first-order valence-electron chi connectivity index (χ1n) is 7.13. The Kier molecular flexibility index (Phi) is 4.53. The van der Waals surface area contributed by atoms with Crippen LogP contribution in [0.25, 0.3) is 0 Å². The first kappa shape index (κ1) is 15.1. The van der Waals surface area contributed by atoms with Gasteiger partial charge in [0.1, 0.15) is 5.67 Å². The van der Waals surface area contributed by atoms with E-state index in [1.54, 1.807) is 34.1 Å². The molecule has 4 heteroatoms. The molecule has 1 aromatic rings. The van der Waals surface area contributed by atoms with Crippen LogP contribution in [0.1, 0.15) is 37.8 Å². The Labute approximate surface area is 120 Å². The van der Waals surface area contributed by atoms with Gasteiger partial charge in [0.2, 0.25) is 0 Å². The minimum Gasteiger partial charge on any atom is -0.493 e. The fraction of sp³-hybridized carbons (Fsp3) is 0.625. The van der Waals surface area contributed by atoms with E-state index >= 15 is 0 Å². The van der Waals surface area contributed by atoms with Crippen LogP contribution in [0.4, 0.5) is 4.39 Å². The highest BCUT2D eigenvalue weighted by molar-refractivity contribution is 5.51. The maximum Gasteiger partial charge on any atom is 0.163 e. The molecule has 112 valence electrons. The number of nitrogens with one attached hydrogen (secondary N) is 1. The normalized spacial score (nSPS) is 19.1. The van der Waals surface area contributed by atoms with E-state index in [-0.39, 0.29) is 0 Å². The second kappa shape index (κ2) is 6.00. The van der Waals surface area contributed by atoms with E-state index in [9.17, 15) is 4.39 Å². The molecular weight excluding hydrogens is 257 g/mol. The SMILES string of the molecule is COc1cc(C(C)(C)F)cc(CC2CCCN2)c1OC. The number of benzene rings is 1. The molecule has 0 saturated carbocycles. The molecule has 1 aromatic carbocycles. The molecule has 0 spiro atoms. The van der Waals surface area contributed by atoms with E-state index in [0.29, 0.717) is 23.1 Å². The monoisotopic (exact) mass is 281 g/mol. The maximum atomic E-state index is 14.3. The van der Waals surface area contributed by atoms with Gasteiger partial charge in [0.25, 0.3) is 0 Å². The van der Waals surface area contributed by atoms with Crippen LogP contribution in [0.3, 0.4) is 0 Å². The van der Waals surface area contributed by atoms with Crippen molar-refractivity contribution in [2.75, 3.05) is 20.8 Å². The Morgan fingerprint density at radius 1 is 1.30 bits per heavy atom. The maximum absolute atomic E-state index is 14.3. The third kappa shape index (κ3) is 3.23. The molecule has 0 amide bonds. The molecule has 1 saturated heterocycles. The average Bonchev–Trinajstić information content (AvgIpc) is 2.89. The highest BCUT2D eigenvalue weighted by atomic mass is 19.1. The molecule has 1 atom stereocenters. The summed E-state index contributed by atoms with van der Waals surface area (Å²) in [5.41, 5.74) is 0.243. The first-order chi connectivity index (χ1) is 9.45. The highest BCUT2D eigenvalue weighted by Crippen LogP contribution is 2.38. The van der Waals surface area contributed by atoms with E-state index in [1.807, 2.05) is 6.07 Å². The molecule has 1 heterocycles. The molecule has 3 nitrogen and oxygen atoms in total. The smallest absolute Gasteiger partial charge is 0.163 e. The second-order valence-electron chi connectivity index (χ2n) is 5.84. The van der Waals surface area contributed by atoms with Gasteiger partial charge in [-0.05, 0) is 62.9 Å². The molecule has 1 aliphatic rings. The molecule has 0 radical (unpaired) electrons. The van der Waals surface area contributed by atoms with E-state index in [0.717, 1.165) is 24.9 Å². The lowest BCUT2D eigenvalue weighted by Gasteiger charge is -2.21. The van der Waals surface area contributed by atoms with Crippen LogP contribution < -0.4 is 14.8 Å². The van der Waals surface area contributed by atoms with Crippen LogP contribution in [0, 0.1) is 0 Å². The first-order valence-corrected chi connectivity index (χ1v) is 7.13. The third-order valence-electron chi connectivity index (χ3n) is 3.87. The van der Waals surface area contributed by atoms with Crippen molar-refractivity contribution >= 4 is 0 Å². The summed E-state index contributed by atoms with van der Waals surface area (Å²) >= 11 is 0.